The first-order valence-electron chi connectivity index (χ1n) is 5.06. The number of aromatic nitrogens is 1. The number of esters is 1. The molecule has 92 valence electrons. The SMILES string of the molecule is CCOC(=O)CN(C)C(=O)c1cncc(Br)c1. The number of rotatable bonds is 4. The van der Waals surface area contributed by atoms with Crippen LogP contribution in [0.5, 0.6) is 0 Å². The molecule has 0 atom stereocenters. The topological polar surface area (TPSA) is 59.5 Å². The smallest absolute Gasteiger partial charge is 0.325 e. The van der Waals surface area contributed by atoms with E-state index < -0.39 is 5.97 Å². The number of hydrogen-bond acceptors (Lipinski definition) is 4. The largest absolute Gasteiger partial charge is 0.465 e. The number of carbonyl (C=O) groups is 2. The van der Waals surface area contributed by atoms with Gasteiger partial charge in [0.1, 0.15) is 6.54 Å². The molecule has 6 heteroatoms. The number of ether oxygens (including phenoxy) is 1. The fourth-order valence-electron chi connectivity index (χ4n) is 1.22. The van der Waals surface area contributed by atoms with Crippen LogP contribution in [0.4, 0.5) is 0 Å². The minimum Gasteiger partial charge on any atom is -0.465 e. The second kappa shape index (κ2) is 6.34. The van der Waals surface area contributed by atoms with Gasteiger partial charge < -0.3 is 9.64 Å². The van der Waals surface area contributed by atoms with Crippen molar-refractivity contribution in [2.45, 2.75) is 6.92 Å². The van der Waals surface area contributed by atoms with Crippen LogP contribution in [0.25, 0.3) is 0 Å². The maximum Gasteiger partial charge on any atom is 0.325 e. The van der Waals surface area contributed by atoms with Crippen molar-refractivity contribution in [3.8, 4) is 0 Å². The molecule has 0 aromatic carbocycles. The number of carbonyl (C=O) groups excluding carboxylic acids is 2. The van der Waals surface area contributed by atoms with Gasteiger partial charge in [-0.3, -0.25) is 14.6 Å². The minimum atomic E-state index is -0.425. The van der Waals surface area contributed by atoms with Crippen LogP contribution in [0.1, 0.15) is 17.3 Å². The van der Waals surface area contributed by atoms with E-state index in [4.69, 9.17) is 4.74 Å². The summed E-state index contributed by atoms with van der Waals surface area (Å²) in [5.74, 6) is -0.696. The minimum absolute atomic E-state index is 0.0703. The highest BCUT2D eigenvalue weighted by Gasteiger charge is 2.15. The van der Waals surface area contributed by atoms with Crippen LogP contribution in [0.2, 0.25) is 0 Å². The monoisotopic (exact) mass is 300 g/mol. The highest BCUT2D eigenvalue weighted by Crippen LogP contribution is 2.11. The molecule has 0 saturated heterocycles. The Bertz CT molecular complexity index is 423. The average molecular weight is 301 g/mol. The Morgan fingerprint density at radius 2 is 2.18 bits per heavy atom. The third kappa shape index (κ3) is 4.14. The van der Waals surface area contributed by atoms with Crippen molar-refractivity contribution in [1.82, 2.24) is 9.88 Å². The molecule has 0 spiro atoms. The van der Waals surface area contributed by atoms with E-state index in [1.807, 2.05) is 0 Å². The van der Waals surface area contributed by atoms with E-state index in [0.29, 0.717) is 16.6 Å². The lowest BCUT2D eigenvalue weighted by Crippen LogP contribution is -2.33. The molecular formula is C11H13BrN2O3. The summed E-state index contributed by atoms with van der Waals surface area (Å²) in [7, 11) is 1.54. The van der Waals surface area contributed by atoms with Gasteiger partial charge in [-0.25, -0.2) is 0 Å². The summed E-state index contributed by atoms with van der Waals surface area (Å²) in [5, 5.41) is 0. The summed E-state index contributed by atoms with van der Waals surface area (Å²) >= 11 is 3.23. The Labute approximate surface area is 108 Å². The molecule has 0 bridgehead atoms. The zero-order valence-corrected chi connectivity index (χ0v) is 11.2. The molecule has 1 aromatic rings. The molecule has 1 rings (SSSR count). The Balaban J connectivity index is 2.67. The molecule has 17 heavy (non-hydrogen) atoms. The van der Waals surface area contributed by atoms with Gasteiger partial charge in [-0.2, -0.15) is 0 Å². The summed E-state index contributed by atoms with van der Waals surface area (Å²) < 4.78 is 5.48. The molecule has 5 nitrogen and oxygen atoms in total. The molecule has 0 radical (unpaired) electrons. The van der Waals surface area contributed by atoms with Crippen LogP contribution < -0.4 is 0 Å². The van der Waals surface area contributed by atoms with E-state index in [0.717, 1.165) is 0 Å². The van der Waals surface area contributed by atoms with Crippen LogP contribution in [0.15, 0.2) is 22.9 Å². The lowest BCUT2D eigenvalue weighted by atomic mass is 10.2. The van der Waals surface area contributed by atoms with E-state index in [1.54, 1.807) is 26.2 Å². The Morgan fingerprint density at radius 3 is 2.76 bits per heavy atom. The van der Waals surface area contributed by atoms with Gasteiger partial charge in [0.2, 0.25) is 0 Å². The van der Waals surface area contributed by atoms with E-state index in [-0.39, 0.29) is 12.5 Å². The third-order valence-electron chi connectivity index (χ3n) is 1.97. The maximum absolute atomic E-state index is 11.9. The Hall–Kier alpha value is -1.43. The van der Waals surface area contributed by atoms with Crippen LogP contribution in [-0.2, 0) is 9.53 Å². The van der Waals surface area contributed by atoms with Crippen LogP contribution in [0.3, 0.4) is 0 Å². The molecule has 0 aliphatic rings. The number of hydrogen-bond donors (Lipinski definition) is 0. The van der Waals surface area contributed by atoms with Crippen molar-refractivity contribution in [2.24, 2.45) is 0 Å². The maximum atomic E-state index is 11.9. The molecule has 0 unspecified atom stereocenters. The summed E-state index contributed by atoms with van der Waals surface area (Å²) in [6.45, 7) is 1.95. The second-order valence-electron chi connectivity index (χ2n) is 3.36. The average Bonchev–Trinajstić information content (AvgIpc) is 2.28. The number of pyridine rings is 1. The lowest BCUT2D eigenvalue weighted by Gasteiger charge is -2.15. The molecule has 0 aliphatic heterocycles. The third-order valence-corrected chi connectivity index (χ3v) is 2.40. The fraction of sp³-hybridized carbons (Fsp3) is 0.364. The van der Waals surface area contributed by atoms with Gasteiger partial charge in [0, 0.05) is 23.9 Å². The molecule has 0 saturated carbocycles. The van der Waals surface area contributed by atoms with Crippen molar-refractivity contribution in [3.05, 3.63) is 28.5 Å². The summed E-state index contributed by atoms with van der Waals surface area (Å²) in [4.78, 5) is 28.3. The molecule has 0 N–H and O–H groups in total. The first-order valence-corrected chi connectivity index (χ1v) is 5.85. The van der Waals surface area contributed by atoms with E-state index in [2.05, 4.69) is 20.9 Å². The van der Waals surface area contributed by atoms with Crippen LogP contribution in [-0.4, -0.2) is 42.0 Å². The normalized spacial score (nSPS) is 9.82. The van der Waals surface area contributed by atoms with E-state index in [9.17, 15) is 9.59 Å². The van der Waals surface area contributed by atoms with Crippen molar-refractivity contribution in [2.75, 3.05) is 20.2 Å². The van der Waals surface area contributed by atoms with Crippen molar-refractivity contribution in [3.63, 3.8) is 0 Å². The van der Waals surface area contributed by atoms with Crippen molar-refractivity contribution >= 4 is 27.8 Å². The molecule has 1 amide bonds. The standard InChI is InChI=1S/C11H13BrN2O3/c1-3-17-10(15)7-14(2)11(16)8-4-9(12)6-13-5-8/h4-6H,3,7H2,1-2H3. The van der Waals surface area contributed by atoms with Crippen molar-refractivity contribution in [1.29, 1.82) is 0 Å². The molecule has 1 heterocycles. The summed E-state index contributed by atoms with van der Waals surface area (Å²) in [6, 6.07) is 1.65. The van der Waals surface area contributed by atoms with Crippen LogP contribution in [0, 0.1) is 0 Å². The van der Waals surface area contributed by atoms with Crippen molar-refractivity contribution < 1.29 is 14.3 Å². The highest BCUT2D eigenvalue weighted by atomic mass is 79.9. The molecule has 0 fully saturated rings. The number of halogens is 1. The summed E-state index contributed by atoms with van der Waals surface area (Å²) in [6.07, 6.45) is 3.04. The Kier molecular flexibility index (Phi) is 5.09. The predicted molar refractivity (Wildman–Crippen MR) is 65.5 cm³/mol. The Morgan fingerprint density at radius 1 is 1.47 bits per heavy atom. The number of likely N-dealkylation sites (N-methyl/N-ethyl adjacent to an activating group) is 1. The zero-order valence-electron chi connectivity index (χ0n) is 9.64. The zero-order chi connectivity index (χ0) is 12.8. The number of nitrogens with zero attached hydrogens (tertiary/aromatic N) is 2. The van der Waals surface area contributed by atoms with Gasteiger partial charge in [0.05, 0.1) is 12.2 Å². The van der Waals surface area contributed by atoms with Gasteiger partial charge in [0.15, 0.2) is 0 Å². The quantitative estimate of drug-likeness (QED) is 0.790. The lowest BCUT2D eigenvalue weighted by molar-refractivity contribution is -0.143. The van der Waals surface area contributed by atoms with Gasteiger partial charge in [-0.05, 0) is 28.9 Å². The van der Waals surface area contributed by atoms with Gasteiger partial charge in [-0.1, -0.05) is 0 Å². The molecule has 0 aliphatic carbocycles. The molecule has 1 aromatic heterocycles. The van der Waals surface area contributed by atoms with Gasteiger partial charge in [0.25, 0.3) is 5.91 Å². The van der Waals surface area contributed by atoms with Gasteiger partial charge >= 0.3 is 5.97 Å². The fourth-order valence-corrected chi connectivity index (χ4v) is 1.59. The molecular weight excluding hydrogens is 288 g/mol. The van der Waals surface area contributed by atoms with E-state index >= 15 is 0 Å². The number of amides is 1. The second-order valence-corrected chi connectivity index (χ2v) is 4.27. The highest BCUT2D eigenvalue weighted by molar-refractivity contribution is 9.10. The van der Waals surface area contributed by atoms with E-state index in [1.165, 1.54) is 11.1 Å². The first-order chi connectivity index (χ1) is 8.04. The predicted octanol–water partition coefficient (Wildman–Crippen LogP) is 1.48. The summed E-state index contributed by atoms with van der Waals surface area (Å²) in [5.41, 5.74) is 0.422. The van der Waals surface area contributed by atoms with Gasteiger partial charge in [-0.15, -0.1) is 0 Å². The first kappa shape index (κ1) is 13.6. The van der Waals surface area contributed by atoms with Crippen LogP contribution >= 0.6 is 15.9 Å².